The van der Waals surface area contributed by atoms with E-state index in [9.17, 15) is 4.79 Å². The van der Waals surface area contributed by atoms with Crippen LogP contribution in [0.5, 0.6) is 11.5 Å². The van der Waals surface area contributed by atoms with Crippen molar-refractivity contribution in [2.24, 2.45) is 5.10 Å². The molecule has 2 rings (SSSR count). The highest BCUT2D eigenvalue weighted by atomic mass is 16.5. The third-order valence-electron chi connectivity index (χ3n) is 3.24. The molecule has 0 saturated carbocycles. The first-order valence-electron chi connectivity index (χ1n) is 7.91. The number of rotatable bonds is 7. The molecule has 0 heterocycles. The summed E-state index contributed by atoms with van der Waals surface area (Å²) in [6, 6.07) is 13.7. The molecule has 25 heavy (non-hydrogen) atoms. The van der Waals surface area contributed by atoms with Crippen LogP contribution >= 0.6 is 0 Å². The average Bonchev–Trinajstić information content (AvgIpc) is 2.64. The molecule has 2 aromatic carbocycles. The zero-order valence-corrected chi connectivity index (χ0v) is 14.2. The summed E-state index contributed by atoms with van der Waals surface area (Å²) >= 11 is 0. The fourth-order valence-corrected chi connectivity index (χ4v) is 2.08. The van der Waals surface area contributed by atoms with Crippen LogP contribution in [0.2, 0.25) is 0 Å². The molecule has 0 aliphatic carbocycles. The molecule has 0 saturated heterocycles. The van der Waals surface area contributed by atoms with Gasteiger partial charge in [0.25, 0.3) is 5.91 Å². The average molecular weight is 337 g/mol. The van der Waals surface area contributed by atoms with Gasteiger partial charge in [0.15, 0.2) is 0 Å². The Kier molecular flexibility index (Phi) is 6.55. The summed E-state index contributed by atoms with van der Waals surface area (Å²) in [5.74, 6) is 0.985. The monoisotopic (exact) mass is 337 g/mol. The van der Waals surface area contributed by atoms with Crippen molar-refractivity contribution in [3.8, 4) is 17.6 Å². The van der Waals surface area contributed by atoms with Gasteiger partial charge in [0.05, 0.1) is 31.1 Å². The fraction of sp³-hybridized carbons (Fsp3) is 0.211. The van der Waals surface area contributed by atoms with Crippen molar-refractivity contribution in [1.82, 2.24) is 5.43 Å². The Balaban J connectivity index is 2.07. The summed E-state index contributed by atoms with van der Waals surface area (Å²) in [6.45, 7) is 4.88. The van der Waals surface area contributed by atoms with Crippen LogP contribution in [0.1, 0.15) is 35.3 Å². The largest absolute Gasteiger partial charge is 0.494 e. The summed E-state index contributed by atoms with van der Waals surface area (Å²) in [4.78, 5) is 12.0. The minimum Gasteiger partial charge on any atom is -0.494 e. The maximum atomic E-state index is 12.0. The first kappa shape index (κ1) is 18.0. The molecule has 1 amide bonds. The highest BCUT2D eigenvalue weighted by Crippen LogP contribution is 2.23. The summed E-state index contributed by atoms with van der Waals surface area (Å²) in [5, 5.41) is 12.7. The highest BCUT2D eigenvalue weighted by molar-refractivity contribution is 5.95. The third-order valence-corrected chi connectivity index (χ3v) is 3.24. The molecule has 0 aliphatic rings. The Bertz CT molecular complexity index is 793. The van der Waals surface area contributed by atoms with Gasteiger partial charge in [-0.1, -0.05) is 0 Å². The molecule has 0 spiro atoms. The molecule has 0 aromatic heterocycles. The van der Waals surface area contributed by atoms with Gasteiger partial charge in [0.1, 0.15) is 11.5 Å². The van der Waals surface area contributed by atoms with Crippen LogP contribution in [-0.4, -0.2) is 25.3 Å². The lowest BCUT2D eigenvalue weighted by atomic mass is 10.1. The lowest BCUT2D eigenvalue weighted by molar-refractivity contribution is 0.0955. The summed E-state index contributed by atoms with van der Waals surface area (Å²) < 4.78 is 11.0. The fourth-order valence-electron chi connectivity index (χ4n) is 2.08. The zero-order chi connectivity index (χ0) is 18.1. The zero-order valence-electron chi connectivity index (χ0n) is 14.2. The number of hydrogen-bond acceptors (Lipinski definition) is 5. The van der Waals surface area contributed by atoms with Crippen molar-refractivity contribution in [1.29, 1.82) is 5.26 Å². The number of benzene rings is 2. The molecule has 1 N–H and O–H groups in total. The molecule has 6 nitrogen and oxygen atoms in total. The van der Waals surface area contributed by atoms with E-state index in [1.807, 2.05) is 32.0 Å². The Morgan fingerprint density at radius 2 is 1.88 bits per heavy atom. The van der Waals surface area contributed by atoms with Crippen LogP contribution in [0.3, 0.4) is 0 Å². The molecule has 0 aliphatic heterocycles. The van der Waals surface area contributed by atoms with Gasteiger partial charge in [-0.05, 0) is 50.2 Å². The van der Waals surface area contributed by atoms with Gasteiger partial charge in [-0.2, -0.15) is 10.4 Å². The maximum Gasteiger partial charge on any atom is 0.271 e. The number of carbonyl (C=O) groups is 1. The smallest absolute Gasteiger partial charge is 0.271 e. The van der Waals surface area contributed by atoms with Crippen molar-refractivity contribution in [3.05, 3.63) is 59.2 Å². The van der Waals surface area contributed by atoms with E-state index in [2.05, 4.69) is 10.5 Å². The van der Waals surface area contributed by atoms with Gasteiger partial charge in [-0.25, -0.2) is 5.43 Å². The molecule has 2 aromatic rings. The minimum absolute atomic E-state index is 0.357. The molecule has 128 valence electrons. The molecular weight excluding hydrogens is 318 g/mol. The van der Waals surface area contributed by atoms with E-state index in [0.29, 0.717) is 35.8 Å². The van der Waals surface area contributed by atoms with Crippen LogP contribution in [-0.2, 0) is 0 Å². The predicted octanol–water partition coefficient (Wildman–Crippen LogP) is 3.12. The van der Waals surface area contributed by atoms with Gasteiger partial charge in [0, 0.05) is 17.2 Å². The van der Waals surface area contributed by atoms with E-state index in [1.165, 1.54) is 6.21 Å². The lowest BCUT2D eigenvalue weighted by Crippen LogP contribution is -2.17. The van der Waals surface area contributed by atoms with Crippen molar-refractivity contribution in [2.75, 3.05) is 13.2 Å². The highest BCUT2D eigenvalue weighted by Gasteiger charge is 2.06. The van der Waals surface area contributed by atoms with E-state index < -0.39 is 0 Å². The molecule has 0 bridgehead atoms. The van der Waals surface area contributed by atoms with E-state index in [-0.39, 0.29) is 5.91 Å². The quantitative estimate of drug-likeness (QED) is 0.621. The Labute approximate surface area is 146 Å². The van der Waals surface area contributed by atoms with Crippen molar-refractivity contribution in [3.63, 3.8) is 0 Å². The van der Waals surface area contributed by atoms with E-state index in [0.717, 1.165) is 5.56 Å². The number of hydrogen-bond donors (Lipinski definition) is 1. The molecule has 0 fully saturated rings. The second kappa shape index (κ2) is 9.08. The Morgan fingerprint density at radius 1 is 1.16 bits per heavy atom. The first-order valence-corrected chi connectivity index (χ1v) is 7.91. The number of nitrogens with one attached hydrogen (secondary N) is 1. The summed E-state index contributed by atoms with van der Waals surface area (Å²) in [7, 11) is 0. The topological polar surface area (TPSA) is 83.7 Å². The van der Waals surface area contributed by atoms with Gasteiger partial charge in [-0.15, -0.1) is 0 Å². The van der Waals surface area contributed by atoms with E-state index in [1.54, 1.807) is 30.3 Å². The molecule has 0 unspecified atom stereocenters. The molecule has 0 radical (unpaired) electrons. The number of nitrogens with zero attached hydrogens (tertiary/aromatic N) is 2. The second-order valence-corrected chi connectivity index (χ2v) is 4.95. The lowest BCUT2D eigenvalue weighted by Gasteiger charge is -2.10. The van der Waals surface area contributed by atoms with E-state index >= 15 is 0 Å². The normalized spacial score (nSPS) is 10.3. The Morgan fingerprint density at radius 3 is 2.52 bits per heavy atom. The summed E-state index contributed by atoms with van der Waals surface area (Å²) in [6.07, 6.45) is 1.52. The standard InChI is InChI=1S/C19H19N3O3/c1-3-24-17-10-9-16(18(11-17)25-4-2)13-21-22-19(23)15-7-5-14(12-20)6-8-15/h5-11,13H,3-4H2,1-2H3,(H,22,23)/b21-13-. The number of amides is 1. The second-order valence-electron chi connectivity index (χ2n) is 4.95. The van der Waals surface area contributed by atoms with Crippen LogP contribution in [0.15, 0.2) is 47.6 Å². The predicted molar refractivity (Wildman–Crippen MR) is 95.0 cm³/mol. The minimum atomic E-state index is -0.357. The summed E-state index contributed by atoms with van der Waals surface area (Å²) in [5.41, 5.74) is 4.10. The first-order chi connectivity index (χ1) is 12.2. The van der Waals surface area contributed by atoms with Crippen LogP contribution in [0.25, 0.3) is 0 Å². The van der Waals surface area contributed by atoms with Crippen LogP contribution in [0.4, 0.5) is 0 Å². The number of hydrazone groups is 1. The number of ether oxygens (including phenoxy) is 2. The van der Waals surface area contributed by atoms with E-state index in [4.69, 9.17) is 14.7 Å². The van der Waals surface area contributed by atoms with Crippen molar-refractivity contribution < 1.29 is 14.3 Å². The third kappa shape index (κ3) is 5.08. The molecule has 6 heteroatoms. The van der Waals surface area contributed by atoms with Crippen molar-refractivity contribution in [2.45, 2.75) is 13.8 Å². The van der Waals surface area contributed by atoms with Crippen LogP contribution in [0, 0.1) is 11.3 Å². The maximum absolute atomic E-state index is 12.0. The van der Waals surface area contributed by atoms with Gasteiger partial charge >= 0.3 is 0 Å². The number of carbonyl (C=O) groups excluding carboxylic acids is 1. The van der Waals surface area contributed by atoms with Gasteiger partial charge in [0.2, 0.25) is 0 Å². The van der Waals surface area contributed by atoms with Crippen LogP contribution < -0.4 is 14.9 Å². The van der Waals surface area contributed by atoms with Gasteiger partial charge in [-0.3, -0.25) is 4.79 Å². The Hall–Kier alpha value is -3.33. The van der Waals surface area contributed by atoms with Gasteiger partial charge < -0.3 is 9.47 Å². The SMILES string of the molecule is CCOc1ccc(/C=N\NC(=O)c2ccc(C#N)cc2)c(OCC)c1. The molecule has 0 atom stereocenters. The van der Waals surface area contributed by atoms with Crippen molar-refractivity contribution >= 4 is 12.1 Å². The molecular formula is C19H19N3O3. The number of nitriles is 1.